The molecular formula is C23H28N2O2S. The van der Waals surface area contributed by atoms with Crippen LogP contribution in [0.15, 0.2) is 35.2 Å². The summed E-state index contributed by atoms with van der Waals surface area (Å²) in [6.45, 7) is 2.61. The molecular weight excluding hydrogens is 368 g/mol. The number of carbonyl (C=O) groups excluding carboxylic acids is 1. The van der Waals surface area contributed by atoms with Crippen molar-refractivity contribution in [1.82, 2.24) is 10.3 Å². The predicted molar refractivity (Wildman–Crippen MR) is 110 cm³/mol. The molecule has 0 radical (unpaired) electrons. The Labute approximate surface area is 170 Å². The van der Waals surface area contributed by atoms with Gasteiger partial charge in [0.25, 0.3) is 5.91 Å². The van der Waals surface area contributed by atoms with Gasteiger partial charge in [0.05, 0.1) is 16.8 Å². The van der Waals surface area contributed by atoms with Gasteiger partial charge in [-0.05, 0) is 80.8 Å². The van der Waals surface area contributed by atoms with Crippen LogP contribution in [0.3, 0.4) is 0 Å². The summed E-state index contributed by atoms with van der Waals surface area (Å²) in [5.41, 5.74) is 3.61. The summed E-state index contributed by atoms with van der Waals surface area (Å²) >= 11 is 1.55. The number of nitrogens with one attached hydrogen (secondary N) is 1. The van der Waals surface area contributed by atoms with E-state index in [9.17, 15) is 4.79 Å². The second-order valence-electron chi connectivity index (χ2n) is 9.24. The summed E-state index contributed by atoms with van der Waals surface area (Å²) in [4.78, 5) is 17.4. The highest BCUT2D eigenvalue weighted by Crippen LogP contribution is 2.61. The molecule has 4 aliphatic carbocycles. The van der Waals surface area contributed by atoms with Crippen molar-refractivity contribution in [2.24, 2.45) is 23.2 Å². The highest BCUT2D eigenvalue weighted by molar-refractivity contribution is 7.07. The zero-order valence-corrected chi connectivity index (χ0v) is 17.2. The van der Waals surface area contributed by atoms with Crippen molar-refractivity contribution in [2.45, 2.75) is 58.1 Å². The molecule has 1 aromatic heterocycles. The molecule has 1 atom stereocenters. The summed E-state index contributed by atoms with van der Waals surface area (Å²) in [7, 11) is 0. The molecule has 1 heterocycles. The van der Waals surface area contributed by atoms with Crippen LogP contribution < -0.4 is 10.1 Å². The molecule has 4 nitrogen and oxygen atoms in total. The van der Waals surface area contributed by atoms with Gasteiger partial charge in [0.15, 0.2) is 0 Å². The Morgan fingerprint density at radius 3 is 2.54 bits per heavy atom. The number of nitrogens with zero attached hydrogens (tertiary/aromatic N) is 1. The van der Waals surface area contributed by atoms with Crippen LogP contribution in [-0.2, 0) is 6.61 Å². The van der Waals surface area contributed by atoms with Gasteiger partial charge in [0.1, 0.15) is 12.4 Å². The summed E-state index contributed by atoms with van der Waals surface area (Å²) in [6, 6.07) is 7.75. The van der Waals surface area contributed by atoms with Crippen molar-refractivity contribution in [3.05, 3.63) is 46.4 Å². The minimum absolute atomic E-state index is 0.0166. The van der Waals surface area contributed by atoms with Crippen LogP contribution in [0.25, 0.3) is 0 Å². The van der Waals surface area contributed by atoms with Crippen LogP contribution in [-0.4, -0.2) is 16.9 Å². The third-order valence-electron chi connectivity index (χ3n) is 7.34. The van der Waals surface area contributed by atoms with Gasteiger partial charge >= 0.3 is 0 Å². The number of hydrogen-bond donors (Lipinski definition) is 1. The third kappa shape index (κ3) is 3.34. The van der Waals surface area contributed by atoms with Crippen LogP contribution in [0.2, 0.25) is 0 Å². The second kappa shape index (κ2) is 7.18. The number of thiazole rings is 1. The molecule has 1 N–H and O–H groups in total. The van der Waals surface area contributed by atoms with E-state index in [0.717, 1.165) is 23.4 Å². The fraction of sp³-hybridized carbons (Fsp3) is 0.565. The number of benzene rings is 1. The normalized spacial score (nSPS) is 31.5. The summed E-state index contributed by atoms with van der Waals surface area (Å²) in [5.74, 6) is 3.28. The Hall–Kier alpha value is -1.88. The van der Waals surface area contributed by atoms with Gasteiger partial charge in [-0.2, -0.15) is 0 Å². The van der Waals surface area contributed by atoms with E-state index < -0.39 is 0 Å². The topological polar surface area (TPSA) is 51.2 Å². The maximum Gasteiger partial charge on any atom is 0.255 e. The molecule has 4 saturated carbocycles. The highest BCUT2D eigenvalue weighted by atomic mass is 32.1. The Bertz CT molecular complexity index is 813. The van der Waals surface area contributed by atoms with Gasteiger partial charge in [0.2, 0.25) is 0 Å². The second-order valence-corrected chi connectivity index (χ2v) is 9.96. The molecule has 0 aliphatic heterocycles. The predicted octanol–water partition coefficient (Wildman–Crippen LogP) is 5.06. The molecule has 0 unspecified atom stereocenters. The average Bonchev–Trinajstić information content (AvgIpc) is 3.19. The SMILES string of the molecule is C[C@@H](NC(=O)c1ccccc1OCc1cscn1)C12CC3CC(CC(C3)C1)C2. The highest BCUT2D eigenvalue weighted by Gasteiger charge is 2.53. The lowest BCUT2D eigenvalue weighted by molar-refractivity contribution is -0.0688. The average molecular weight is 397 g/mol. The molecule has 4 bridgehead atoms. The van der Waals surface area contributed by atoms with Crippen molar-refractivity contribution in [3.63, 3.8) is 0 Å². The van der Waals surface area contributed by atoms with Crippen LogP contribution in [0.5, 0.6) is 5.75 Å². The Morgan fingerprint density at radius 1 is 1.21 bits per heavy atom. The van der Waals surface area contributed by atoms with Gasteiger partial charge in [-0.25, -0.2) is 4.98 Å². The molecule has 4 aliphatic rings. The van der Waals surface area contributed by atoms with E-state index in [1.807, 2.05) is 29.6 Å². The first kappa shape index (κ1) is 18.2. The van der Waals surface area contributed by atoms with Gasteiger partial charge in [-0.15, -0.1) is 11.3 Å². The van der Waals surface area contributed by atoms with Crippen LogP contribution in [0.1, 0.15) is 61.5 Å². The number of aromatic nitrogens is 1. The number of rotatable bonds is 6. The summed E-state index contributed by atoms with van der Waals surface area (Å²) < 4.78 is 5.92. The molecule has 0 spiro atoms. The number of hydrogen-bond acceptors (Lipinski definition) is 4. The van der Waals surface area contributed by atoms with Gasteiger partial charge in [-0.3, -0.25) is 4.79 Å². The van der Waals surface area contributed by atoms with E-state index in [1.54, 1.807) is 16.8 Å². The molecule has 148 valence electrons. The molecule has 28 heavy (non-hydrogen) atoms. The molecule has 2 aromatic rings. The van der Waals surface area contributed by atoms with Crippen molar-refractivity contribution in [2.75, 3.05) is 0 Å². The van der Waals surface area contributed by atoms with Gasteiger partial charge < -0.3 is 10.1 Å². The first-order chi connectivity index (χ1) is 13.6. The fourth-order valence-corrected chi connectivity index (χ4v) is 6.92. The lowest BCUT2D eigenvalue weighted by atomic mass is 9.48. The maximum atomic E-state index is 13.1. The Morgan fingerprint density at radius 2 is 1.89 bits per heavy atom. The zero-order valence-electron chi connectivity index (χ0n) is 16.4. The standard InChI is InChI=1S/C23H28N2O2S/c1-15(23-9-16-6-17(10-23)8-18(7-16)11-23)25-22(26)20-4-2-3-5-21(20)27-12-19-13-28-14-24-19/h2-5,13-18H,6-12H2,1H3,(H,25,26)/t15-,16?,17?,18?,23?/m1/s1. The van der Waals surface area contributed by atoms with E-state index in [-0.39, 0.29) is 11.9 Å². The first-order valence-electron chi connectivity index (χ1n) is 10.5. The van der Waals surface area contributed by atoms with Crippen LogP contribution in [0, 0.1) is 23.2 Å². The number of para-hydroxylation sites is 1. The minimum atomic E-state index is -0.0166. The van der Waals surface area contributed by atoms with Crippen LogP contribution >= 0.6 is 11.3 Å². The van der Waals surface area contributed by atoms with E-state index in [4.69, 9.17) is 4.74 Å². The van der Waals surface area contributed by atoms with E-state index in [1.165, 1.54) is 38.5 Å². The van der Waals surface area contributed by atoms with E-state index in [0.29, 0.717) is 23.3 Å². The van der Waals surface area contributed by atoms with E-state index >= 15 is 0 Å². The Balaban J connectivity index is 1.29. The van der Waals surface area contributed by atoms with Crippen molar-refractivity contribution in [3.8, 4) is 5.75 Å². The number of amides is 1. The van der Waals surface area contributed by atoms with Crippen molar-refractivity contribution < 1.29 is 9.53 Å². The summed E-state index contributed by atoms with van der Waals surface area (Å²) in [6.07, 6.45) is 8.15. The smallest absolute Gasteiger partial charge is 0.255 e. The quantitative estimate of drug-likeness (QED) is 0.743. The van der Waals surface area contributed by atoms with Gasteiger partial charge in [-0.1, -0.05) is 12.1 Å². The van der Waals surface area contributed by atoms with E-state index in [2.05, 4.69) is 17.2 Å². The molecule has 4 fully saturated rings. The zero-order chi connectivity index (χ0) is 19.1. The molecule has 6 rings (SSSR count). The van der Waals surface area contributed by atoms with Gasteiger partial charge in [0, 0.05) is 11.4 Å². The first-order valence-corrected chi connectivity index (χ1v) is 11.5. The molecule has 0 saturated heterocycles. The molecule has 1 aromatic carbocycles. The van der Waals surface area contributed by atoms with Crippen LogP contribution in [0.4, 0.5) is 0 Å². The minimum Gasteiger partial charge on any atom is -0.486 e. The lowest BCUT2D eigenvalue weighted by Crippen LogP contribution is -2.55. The maximum absolute atomic E-state index is 13.1. The molecule has 1 amide bonds. The summed E-state index contributed by atoms with van der Waals surface area (Å²) in [5, 5.41) is 5.32. The number of ether oxygens (including phenoxy) is 1. The number of carbonyl (C=O) groups is 1. The largest absolute Gasteiger partial charge is 0.486 e. The molecule has 5 heteroatoms. The fourth-order valence-electron chi connectivity index (χ4n) is 6.38. The van der Waals surface area contributed by atoms with Crippen molar-refractivity contribution in [1.29, 1.82) is 0 Å². The monoisotopic (exact) mass is 396 g/mol. The third-order valence-corrected chi connectivity index (χ3v) is 7.98. The lowest BCUT2D eigenvalue weighted by Gasteiger charge is -2.59. The Kier molecular flexibility index (Phi) is 4.66. The van der Waals surface area contributed by atoms with Crippen molar-refractivity contribution >= 4 is 17.2 Å².